The Labute approximate surface area is 231 Å². The molecule has 0 bridgehead atoms. The number of carbonyl (C=O) groups is 1. The third kappa shape index (κ3) is 6.65. The number of halogens is 2. The summed E-state index contributed by atoms with van der Waals surface area (Å²) >= 11 is 6.06. The van der Waals surface area contributed by atoms with Crippen LogP contribution in [-0.2, 0) is 24.6 Å². The van der Waals surface area contributed by atoms with Crippen molar-refractivity contribution in [3.8, 4) is 0 Å². The Morgan fingerprint density at radius 3 is 2.33 bits per heavy atom. The molecule has 0 spiro atoms. The highest BCUT2D eigenvalue weighted by atomic mass is 35.5. The molecule has 0 radical (unpaired) electrons. The van der Waals surface area contributed by atoms with Crippen LogP contribution in [0, 0.1) is 5.82 Å². The van der Waals surface area contributed by atoms with Gasteiger partial charge in [-0.1, -0.05) is 23.7 Å². The predicted molar refractivity (Wildman–Crippen MR) is 147 cm³/mol. The Balaban J connectivity index is 1.54. The van der Waals surface area contributed by atoms with E-state index >= 15 is 0 Å². The smallest absolute Gasteiger partial charge is 0.262 e. The monoisotopic (exact) mass is 593 g/mol. The number of hydrogen-bond acceptors (Lipinski definition) is 7. The van der Waals surface area contributed by atoms with Crippen LogP contribution in [-0.4, -0.2) is 59.3 Å². The van der Waals surface area contributed by atoms with E-state index in [1.165, 1.54) is 60.7 Å². The van der Waals surface area contributed by atoms with Gasteiger partial charge in [0.25, 0.3) is 15.9 Å². The SMILES string of the molecule is C=CC(N1CCOCC1)S(=O)(=O)c1ccc(NC(=O)c2cc(Cl)ccc2NS(=O)(=O)c2cccc(F)c2)cc1. The zero-order chi connectivity index (χ0) is 28.2. The molecule has 39 heavy (non-hydrogen) atoms. The second kappa shape index (κ2) is 11.8. The first-order valence-electron chi connectivity index (χ1n) is 11.7. The summed E-state index contributed by atoms with van der Waals surface area (Å²) < 4.78 is 73.2. The highest BCUT2D eigenvalue weighted by Crippen LogP contribution is 2.26. The summed E-state index contributed by atoms with van der Waals surface area (Å²) in [6.45, 7) is 5.44. The number of anilines is 2. The summed E-state index contributed by atoms with van der Waals surface area (Å²) in [5.41, 5.74) is 0.0808. The summed E-state index contributed by atoms with van der Waals surface area (Å²) in [6.07, 6.45) is 1.38. The van der Waals surface area contributed by atoms with Crippen LogP contribution in [0.25, 0.3) is 0 Å². The molecule has 9 nitrogen and oxygen atoms in total. The lowest BCUT2D eigenvalue weighted by atomic mass is 10.1. The highest BCUT2D eigenvalue weighted by molar-refractivity contribution is 7.92. The van der Waals surface area contributed by atoms with Crippen molar-refractivity contribution in [3.05, 3.63) is 95.8 Å². The maximum Gasteiger partial charge on any atom is 0.262 e. The standard InChI is InChI=1S/C26H25ClFN3O6S2/c1-2-25(31-12-14-37-15-13-31)38(33,34)21-9-7-20(8-10-21)29-26(32)23-16-18(27)6-11-24(23)30-39(35,36)22-5-3-4-19(28)17-22/h2-11,16-17,25,30H,1,12-15H2,(H,29,32). The van der Waals surface area contributed by atoms with Gasteiger partial charge in [-0.3, -0.25) is 14.4 Å². The maximum atomic E-state index is 13.6. The van der Waals surface area contributed by atoms with Gasteiger partial charge in [-0.25, -0.2) is 21.2 Å². The number of hydrogen-bond donors (Lipinski definition) is 2. The van der Waals surface area contributed by atoms with Gasteiger partial charge in [0, 0.05) is 23.8 Å². The number of carbonyl (C=O) groups excluding carboxylic acids is 1. The Kier molecular flexibility index (Phi) is 8.72. The first-order chi connectivity index (χ1) is 18.5. The van der Waals surface area contributed by atoms with Crippen molar-refractivity contribution in [2.45, 2.75) is 15.2 Å². The predicted octanol–water partition coefficient (Wildman–Crippen LogP) is 4.15. The lowest BCUT2D eigenvalue weighted by molar-refractivity contribution is 0.0374. The molecular weight excluding hydrogens is 569 g/mol. The number of sulfonamides is 1. The van der Waals surface area contributed by atoms with Crippen LogP contribution in [0.4, 0.5) is 15.8 Å². The third-order valence-electron chi connectivity index (χ3n) is 5.94. The van der Waals surface area contributed by atoms with Crippen LogP contribution < -0.4 is 10.0 Å². The lowest BCUT2D eigenvalue weighted by Crippen LogP contribution is -2.46. The van der Waals surface area contributed by atoms with Crippen molar-refractivity contribution in [3.63, 3.8) is 0 Å². The van der Waals surface area contributed by atoms with E-state index in [0.717, 1.165) is 12.1 Å². The van der Waals surface area contributed by atoms with Gasteiger partial charge in [-0.2, -0.15) is 0 Å². The van der Waals surface area contributed by atoms with Gasteiger partial charge < -0.3 is 10.1 Å². The van der Waals surface area contributed by atoms with Crippen LogP contribution in [0.15, 0.2) is 89.2 Å². The average molecular weight is 594 g/mol. The van der Waals surface area contributed by atoms with E-state index in [2.05, 4.69) is 16.6 Å². The van der Waals surface area contributed by atoms with Crippen LogP contribution in [0.3, 0.4) is 0 Å². The van der Waals surface area contributed by atoms with Gasteiger partial charge in [-0.05, 0) is 60.7 Å². The lowest BCUT2D eigenvalue weighted by Gasteiger charge is -2.32. The van der Waals surface area contributed by atoms with Crippen LogP contribution >= 0.6 is 11.6 Å². The van der Waals surface area contributed by atoms with Gasteiger partial charge >= 0.3 is 0 Å². The molecule has 1 unspecified atom stereocenters. The molecule has 1 aliphatic rings. The molecule has 1 amide bonds. The number of sulfone groups is 1. The second-order valence-corrected chi connectivity index (χ2v) is 12.7. The van der Waals surface area contributed by atoms with Crippen molar-refractivity contribution in [1.29, 1.82) is 0 Å². The maximum absolute atomic E-state index is 13.6. The van der Waals surface area contributed by atoms with E-state index in [0.29, 0.717) is 26.3 Å². The number of morpholine rings is 1. The number of benzene rings is 3. The topological polar surface area (TPSA) is 122 Å². The molecule has 3 aromatic rings. The molecular formula is C26H25ClFN3O6S2. The van der Waals surface area contributed by atoms with Crippen molar-refractivity contribution >= 4 is 48.7 Å². The van der Waals surface area contributed by atoms with E-state index in [1.54, 1.807) is 4.90 Å². The molecule has 0 aromatic heterocycles. The van der Waals surface area contributed by atoms with E-state index in [-0.39, 0.29) is 31.8 Å². The molecule has 206 valence electrons. The van der Waals surface area contributed by atoms with Crippen molar-refractivity contribution in [1.82, 2.24) is 4.90 Å². The molecule has 1 heterocycles. The minimum absolute atomic E-state index is 0.0446. The molecule has 1 fully saturated rings. The van der Waals surface area contributed by atoms with Crippen LogP contribution in [0.1, 0.15) is 10.4 Å². The Bertz CT molecular complexity index is 1590. The van der Waals surface area contributed by atoms with E-state index in [9.17, 15) is 26.0 Å². The summed E-state index contributed by atoms with van der Waals surface area (Å²) in [5, 5.41) is 1.86. The van der Waals surface area contributed by atoms with Gasteiger partial charge in [-0.15, -0.1) is 6.58 Å². The van der Waals surface area contributed by atoms with Crippen molar-refractivity contribution in [2.24, 2.45) is 0 Å². The normalized spacial score (nSPS) is 15.3. The molecule has 0 aliphatic carbocycles. The van der Waals surface area contributed by atoms with Crippen molar-refractivity contribution in [2.75, 3.05) is 36.3 Å². The first kappa shape index (κ1) is 28.7. The molecule has 2 N–H and O–H groups in total. The molecule has 1 aliphatic heterocycles. The van der Waals surface area contributed by atoms with Crippen molar-refractivity contribution < 1.29 is 30.8 Å². The molecule has 1 atom stereocenters. The number of ether oxygens (including phenoxy) is 1. The number of amides is 1. The van der Waals surface area contributed by atoms with Crippen LogP contribution in [0.5, 0.6) is 0 Å². The molecule has 3 aromatic carbocycles. The number of nitrogens with zero attached hydrogens (tertiary/aromatic N) is 1. The minimum Gasteiger partial charge on any atom is -0.379 e. The van der Waals surface area contributed by atoms with Gasteiger partial charge in [0.1, 0.15) is 11.2 Å². The first-order valence-corrected chi connectivity index (χ1v) is 15.1. The Hall–Kier alpha value is -3.29. The zero-order valence-corrected chi connectivity index (χ0v) is 22.9. The summed E-state index contributed by atoms with van der Waals surface area (Å²) in [6, 6.07) is 14.0. The van der Waals surface area contributed by atoms with Gasteiger partial charge in [0.2, 0.25) is 0 Å². The van der Waals surface area contributed by atoms with E-state index < -0.39 is 37.0 Å². The summed E-state index contributed by atoms with van der Waals surface area (Å²) in [4.78, 5) is 14.6. The summed E-state index contributed by atoms with van der Waals surface area (Å²) in [7, 11) is -8.01. The molecule has 0 saturated carbocycles. The molecule has 4 rings (SSSR count). The highest BCUT2D eigenvalue weighted by Gasteiger charge is 2.31. The quantitative estimate of drug-likeness (QED) is 0.357. The van der Waals surface area contributed by atoms with E-state index in [1.807, 2.05) is 0 Å². The Morgan fingerprint density at radius 1 is 1.00 bits per heavy atom. The fraction of sp³-hybridized carbons (Fsp3) is 0.192. The number of nitrogens with one attached hydrogen (secondary N) is 2. The number of rotatable bonds is 9. The summed E-state index contributed by atoms with van der Waals surface area (Å²) in [5.74, 6) is -1.44. The van der Waals surface area contributed by atoms with Gasteiger partial charge in [0.05, 0.1) is 34.3 Å². The van der Waals surface area contributed by atoms with Gasteiger partial charge in [0.15, 0.2) is 9.84 Å². The largest absolute Gasteiger partial charge is 0.379 e. The minimum atomic E-state index is -4.22. The van der Waals surface area contributed by atoms with E-state index in [4.69, 9.17) is 16.3 Å². The fourth-order valence-electron chi connectivity index (χ4n) is 4.00. The molecule has 1 saturated heterocycles. The van der Waals surface area contributed by atoms with Crippen LogP contribution in [0.2, 0.25) is 5.02 Å². The second-order valence-electron chi connectivity index (χ2n) is 8.55. The Morgan fingerprint density at radius 2 is 1.69 bits per heavy atom. The molecule has 13 heteroatoms. The zero-order valence-electron chi connectivity index (χ0n) is 20.5. The third-order valence-corrected chi connectivity index (χ3v) is 9.60. The fourth-order valence-corrected chi connectivity index (χ4v) is 6.93. The average Bonchev–Trinajstić information content (AvgIpc) is 2.91.